The van der Waals surface area contributed by atoms with Crippen LogP contribution in [0.15, 0.2) is 29.8 Å². The van der Waals surface area contributed by atoms with E-state index in [-0.39, 0.29) is 11.9 Å². The van der Waals surface area contributed by atoms with E-state index in [0.717, 1.165) is 6.42 Å². The first-order valence-electron chi connectivity index (χ1n) is 5.29. The smallest absolute Gasteiger partial charge is 0.217 e. The van der Waals surface area contributed by atoms with Crippen LogP contribution in [-0.2, 0) is 4.79 Å². The Balaban J connectivity index is 2.36. The van der Waals surface area contributed by atoms with Crippen molar-refractivity contribution in [3.8, 4) is 0 Å². The molecule has 0 aromatic heterocycles. The molecule has 2 rings (SSSR count). The molecule has 0 bridgehead atoms. The molecule has 1 N–H and O–H groups in total. The molecule has 0 heterocycles. The van der Waals surface area contributed by atoms with Gasteiger partial charge in [0.2, 0.25) is 5.91 Å². The lowest BCUT2D eigenvalue weighted by atomic mass is 10.0. The molecule has 0 spiro atoms. The summed E-state index contributed by atoms with van der Waals surface area (Å²) in [5.41, 5.74) is 3.73. The highest BCUT2D eigenvalue weighted by Crippen LogP contribution is 2.35. The Morgan fingerprint density at radius 2 is 2.13 bits per heavy atom. The highest BCUT2D eigenvalue weighted by Gasteiger charge is 2.23. The van der Waals surface area contributed by atoms with E-state index in [1.807, 2.05) is 12.1 Å². The molecule has 78 valence electrons. The third-order valence-electron chi connectivity index (χ3n) is 2.77. The highest BCUT2D eigenvalue weighted by molar-refractivity contribution is 5.76. The first kappa shape index (κ1) is 9.97. The molecule has 2 nitrogen and oxygen atoms in total. The van der Waals surface area contributed by atoms with Crippen LogP contribution in [0.2, 0.25) is 0 Å². The van der Waals surface area contributed by atoms with Crippen LogP contribution in [0.25, 0.3) is 6.08 Å². The fraction of sp³-hybridized carbons (Fsp3) is 0.308. The van der Waals surface area contributed by atoms with Crippen LogP contribution in [0.4, 0.5) is 0 Å². The summed E-state index contributed by atoms with van der Waals surface area (Å²) in [5, 5.41) is 2.99. The predicted molar refractivity (Wildman–Crippen MR) is 61.3 cm³/mol. The molecular formula is C13H15NO. The van der Waals surface area contributed by atoms with Crippen LogP contribution in [0.1, 0.15) is 37.4 Å². The Kier molecular flexibility index (Phi) is 2.58. The van der Waals surface area contributed by atoms with Crippen LogP contribution < -0.4 is 5.32 Å². The summed E-state index contributed by atoms with van der Waals surface area (Å²) >= 11 is 0. The molecule has 15 heavy (non-hydrogen) atoms. The lowest BCUT2D eigenvalue weighted by Gasteiger charge is -2.16. The number of carbonyl (C=O) groups is 1. The zero-order valence-electron chi connectivity index (χ0n) is 9.08. The molecule has 2 heteroatoms. The van der Waals surface area contributed by atoms with Crippen molar-refractivity contribution >= 4 is 12.0 Å². The van der Waals surface area contributed by atoms with Crippen molar-refractivity contribution in [2.45, 2.75) is 26.3 Å². The molecule has 1 aromatic rings. The Hall–Kier alpha value is -1.57. The molecule has 0 radical (unpaired) electrons. The number of carbonyl (C=O) groups excluding carboxylic acids is 1. The average molecular weight is 201 g/mol. The van der Waals surface area contributed by atoms with Crippen molar-refractivity contribution in [3.63, 3.8) is 0 Å². The highest BCUT2D eigenvalue weighted by atomic mass is 16.1. The SMILES string of the molecule is CCC1=Cc2ccccc2[C@@H]1NC(C)=O. The number of rotatable bonds is 2. The Morgan fingerprint density at radius 1 is 1.40 bits per heavy atom. The standard InChI is InChI=1S/C13H15NO/c1-3-10-8-11-6-4-5-7-12(11)13(10)14-9(2)15/h4-8,13H,3H2,1-2H3,(H,14,15)/t13-/m1/s1. The summed E-state index contributed by atoms with van der Waals surface area (Å²) < 4.78 is 0. The molecule has 1 amide bonds. The van der Waals surface area contributed by atoms with Gasteiger partial charge in [-0.05, 0) is 23.1 Å². The van der Waals surface area contributed by atoms with E-state index in [0.29, 0.717) is 0 Å². The molecule has 1 aliphatic rings. The van der Waals surface area contributed by atoms with Crippen molar-refractivity contribution < 1.29 is 4.79 Å². The molecular weight excluding hydrogens is 186 g/mol. The van der Waals surface area contributed by atoms with Gasteiger partial charge in [-0.2, -0.15) is 0 Å². The monoisotopic (exact) mass is 201 g/mol. The number of nitrogens with one attached hydrogen (secondary N) is 1. The fourth-order valence-electron chi connectivity index (χ4n) is 2.07. The summed E-state index contributed by atoms with van der Waals surface area (Å²) in [6, 6.07) is 8.30. The van der Waals surface area contributed by atoms with Crippen LogP contribution >= 0.6 is 0 Å². The van der Waals surface area contributed by atoms with Crippen molar-refractivity contribution in [2.75, 3.05) is 0 Å². The van der Waals surface area contributed by atoms with Crippen LogP contribution in [0, 0.1) is 0 Å². The van der Waals surface area contributed by atoms with E-state index in [1.54, 1.807) is 6.92 Å². The topological polar surface area (TPSA) is 29.1 Å². The van der Waals surface area contributed by atoms with Crippen molar-refractivity contribution in [1.29, 1.82) is 0 Å². The molecule has 1 aromatic carbocycles. The Labute approximate surface area is 90.0 Å². The lowest BCUT2D eigenvalue weighted by molar-refractivity contribution is -0.119. The number of benzene rings is 1. The number of amides is 1. The van der Waals surface area contributed by atoms with Gasteiger partial charge in [0.05, 0.1) is 6.04 Å². The first-order chi connectivity index (χ1) is 7.22. The van der Waals surface area contributed by atoms with Crippen molar-refractivity contribution in [2.24, 2.45) is 0 Å². The largest absolute Gasteiger partial charge is 0.346 e. The van der Waals surface area contributed by atoms with Gasteiger partial charge in [0.1, 0.15) is 0 Å². The molecule has 0 saturated carbocycles. The second-order valence-electron chi connectivity index (χ2n) is 3.84. The van der Waals surface area contributed by atoms with Gasteiger partial charge in [-0.15, -0.1) is 0 Å². The van der Waals surface area contributed by atoms with E-state index < -0.39 is 0 Å². The van der Waals surface area contributed by atoms with Gasteiger partial charge in [-0.25, -0.2) is 0 Å². The van der Waals surface area contributed by atoms with E-state index in [9.17, 15) is 4.79 Å². The quantitative estimate of drug-likeness (QED) is 0.783. The number of fused-ring (bicyclic) bond motifs is 1. The summed E-state index contributed by atoms with van der Waals surface area (Å²) in [5.74, 6) is 0.0241. The van der Waals surface area contributed by atoms with Gasteiger partial charge in [0.15, 0.2) is 0 Å². The van der Waals surface area contributed by atoms with E-state index in [1.165, 1.54) is 16.7 Å². The van der Waals surface area contributed by atoms with Crippen molar-refractivity contribution in [1.82, 2.24) is 5.32 Å². The maximum absolute atomic E-state index is 11.1. The lowest BCUT2D eigenvalue weighted by Crippen LogP contribution is -2.25. The molecule has 0 fully saturated rings. The minimum absolute atomic E-state index is 0.0241. The van der Waals surface area contributed by atoms with Gasteiger partial charge in [-0.3, -0.25) is 4.79 Å². The van der Waals surface area contributed by atoms with Gasteiger partial charge >= 0.3 is 0 Å². The summed E-state index contributed by atoms with van der Waals surface area (Å²) in [6.07, 6.45) is 3.15. The zero-order chi connectivity index (χ0) is 10.8. The van der Waals surface area contributed by atoms with Crippen LogP contribution in [-0.4, -0.2) is 5.91 Å². The minimum atomic E-state index is 0.0241. The van der Waals surface area contributed by atoms with Gasteiger partial charge in [0, 0.05) is 6.92 Å². The fourth-order valence-corrected chi connectivity index (χ4v) is 2.07. The van der Waals surface area contributed by atoms with Gasteiger partial charge in [-0.1, -0.05) is 37.3 Å². The van der Waals surface area contributed by atoms with Crippen molar-refractivity contribution in [3.05, 3.63) is 41.0 Å². The van der Waals surface area contributed by atoms with Crippen LogP contribution in [0.3, 0.4) is 0 Å². The van der Waals surface area contributed by atoms with E-state index >= 15 is 0 Å². The summed E-state index contributed by atoms with van der Waals surface area (Å²) in [7, 11) is 0. The minimum Gasteiger partial charge on any atom is -0.346 e. The molecule has 0 unspecified atom stereocenters. The van der Waals surface area contributed by atoms with E-state index in [4.69, 9.17) is 0 Å². The molecule has 0 aliphatic heterocycles. The summed E-state index contributed by atoms with van der Waals surface area (Å²) in [4.78, 5) is 11.1. The van der Waals surface area contributed by atoms with Gasteiger partial charge in [0.25, 0.3) is 0 Å². The Bertz CT molecular complexity index is 420. The van der Waals surface area contributed by atoms with E-state index in [2.05, 4.69) is 30.4 Å². The normalized spacial score (nSPS) is 18.3. The number of hydrogen-bond donors (Lipinski definition) is 1. The second-order valence-corrected chi connectivity index (χ2v) is 3.84. The Morgan fingerprint density at radius 3 is 2.80 bits per heavy atom. The maximum atomic E-state index is 11.1. The third-order valence-corrected chi connectivity index (χ3v) is 2.77. The molecule has 1 atom stereocenters. The average Bonchev–Trinajstić information content (AvgIpc) is 2.56. The summed E-state index contributed by atoms with van der Waals surface area (Å²) in [6.45, 7) is 3.68. The molecule has 1 aliphatic carbocycles. The zero-order valence-corrected chi connectivity index (χ0v) is 9.08. The van der Waals surface area contributed by atoms with Gasteiger partial charge < -0.3 is 5.32 Å². The molecule has 0 saturated heterocycles. The van der Waals surface area contributed by atoms with Crippen LogP contribution in [0.5, 0.6) is 0 Å². The third kappa shape index (κ3) is 1.80. The second kappa shape index (κ2) is 3.89. The first-order valence-corrected chi connectivity index (χ1v) is 5.29. The number of hydrogen-bond acceptors (Lipinski definition) is 1. The maximum Gasteiger partial charge on any atom is 0.217 e. The predicted octanol–water partition coefficient (Wildman–Crippen LogP) is 2.67.